The first kappa shape index (κ1) is 41.4. The molecule has 6 amide bonds. The smallest absolute Gasteiger partial charge is 0.407 e. The van der Waals surface area contributed by atoms with Crippen LogP contribution in [-0.2, 0) is 28.7 Å². The number of ether oxygens (including phenoxy) is 2. The van der Waals surface area contributed by atoms with Crippen LogP contribution in [-0.4, -0.2) is 96.1 Å². The Hall–Kier alpha value is -5.40. The molecule has 54 heavy (non-hydrogen) atoms. The Morgan fingerprint density at radius 2 is 0.944 bits per heavy atom. The van der Waals surface area contributed by atoms with Gasteiger partial charge < -0.3 is 40.5 Å². The molecule has 4 rings (SSSR count). The van der Waals surface area contributed by atoms with Crippen molar-refractivity contribution in [1.82, 2.24) is 20.4 Å². The van der Waals surface area contributed by atoms with Crippen molar-refractivity contribution < 1.29 is 38.2 Å². The molecule has 0 spiro atoms. The highest BCUT2D eigenvalue weighted by atomic mass is 16.5. The van der Waals surface area contributed by atoms with Gasteiger partial charge in [-0.2, -0.15) is 0 Å². The van der Waals surface area contributed by atoms with Crippen molar-refractivity contribution in [2.45, 2.75) is 90.4 Å². The van der Waals surface area contributed by atoms with Gasteiger partial charge in [-0.05, 0) is 86.8 Å². The van der Waals surface area contributed by atoms with E-state index in [1.807, 2.05) is 64.1 Å². The Morgan fingerprint density at radius 3 is 1.24 bits per heavy atom. The van der Waals surface area contributed by atoms with E-state index in [9.17, 15) is 28.8 Å². The second-order valence-corrected chi connectivity index (χ2v) is 14.9. The monoisotopic (exact) mass is 746 g/mol. The second-order valence-electron chi connectivity index (χ2n) is 14.9. The molecule has 14 nitrogen and oxygen atoms in total. The molecule has 2 fully saturated rings. The predicted molar refractivity (Wildman–Crippen MR) is 206 cm³/mol. The van der Waals surface area contributed by atoms with Crippen LogP contribution in [0.3, 0.4) is 0 Å². The first-order chi connectivity index (χ1) is 25.5. The van der Waals surface area contributed by atoms with Gasteiger partial charge in [0.2, 0.25) is 23.6 Å². The van der Waals surface area contributed by atoms with Gasteiger partial charge in [0.05, 0.1) is 14.2 Å². The highest BCUT2D eigenvalue weighted by molar-refractivity contribution is 6.02. The first-order valence-corrected chi connectivity index (χ1v) is 18.4. The average molecular weight is 747 g/mol. The molecule has 14 heteroatoms. The third-order valence-corrected chi connectivity index (χ3v) is 10.4. The summed E-state index contributed by atoms with van der Waals surface area (Å²) in [5, 5.41) is 11.1. The van der Waals surface area contributed by atoms with Crippen LogP contribution in [0.5, 0.6) is 0 Å². The zero-order valence-corrected chi connectivity index (χ0v) is 32.5. The van der Waals surface area contributed by atoms with Crippen molar-refractivity contribution in [3.8, 4) is 0 Å². The maximum Gasteiger partial charge on any atom is 0.407 e. The number of anilines is 2. The first-order valence-electron chi connectivity index (χ1n) is 18.4. The van der Waals surface area contributed by atoms with Gasteiger partial charge in [0.25, 0.3) is 0 Å². The molecule has 2 aromatic carbocycles. The van der Waals surface area contributed by atoms with Crippen LogP contribution in [0.1, 0.15) is 78.4 Å². The number of hydrogen-bond acceptors (Lipinski definition) is 8. The van der Waals surface area contributed by atoms with Crippen molar-refractivity contribution in [1.29, 1.82) is 0 Å². The number of nitrogens with one attached hydrogen (secondary N) is 4. The number of alkyl carbamates (subject to hydrolysis) is 2. The number of benzene rings is 2. The maximum absolute atomic E-state index is 13.6. The SMILES string of the molecule is COC(=O)N[C@H](C(=O)N1CCC[C@@]1(C)C(=O)Nc1ccc(/C=C/c2ccc(NC(=O)[C@]3(C)CCCN3C(=O)[C@@H](NC(=O)OC)C(C)C)cc2)cc1)C(C)C. The molecule has 2 saturated heterocycles. The van der Waals surface area contributed by atoms with Gasteiger partial charge in [-0.15, -0.1) is 0 Å². The summed E-state index contributed by atoms with van der Waals surface area (Å²) in [5.74, 6) is -1.67. The Labute approximate surface area is 317 Å². The molecule has 2 aliphatic heterocycles. The number of carbonyl (C=O) groups is 6. The molecule has 0 bridgehead atoms. The number of rotatable bonds is 12. The normalized spacial score (nSPS) is 20.8. The zero-order chi connectivity index (χ0) is 39.8. The lowest BCUT2D eigenvalue weighted by Gasteiger charge is -2.37. The Balaban J connectivity index is 1.35. The van der Waals surface area contributed by atoms with Crippen LogP contribution in [0.25, 0.3) is 12.2 Å². The van der Waals surface area contributed by atoms with E-state index >= 15 is 0 Å². The summed E-state index contributed by atoms with van der Waals surface area (Å²) in [6, 6.07) is 13.0. The van der Waals surface area contributed by atoms with E-state index in [2.05, 4.69) is 21.3 Å². The number of nitrogens with zero attached hydrogens (tertiary/aromatic N) is 2. The van der Waals surface area contributed by atoms with E-state index < -0.39 is 35.3 Å². The van der Waals surface area contributed by atoms with Gasteiger partial charge in [-0.1, -0.05) is 64.1 Å². The standard InChI is InChI=1S/C40H54N6O8/c1-25(2)31(43-37(51)53-7)33(47)45-23-9-21-39(45,5)35(49)41-29-17-13-27(14-18-29)11-12-28-15-19-30(20-16-28)42-36(50)40(6)22-10-24-46(40)34(48)32(26(3)4)44-38(52)54-8/h11-20,25-26,31-32H,9-10,21-24H2,1-8H3,(H,41,49)(H,42,50)(H,43,51)(H,44,52)/b12-11+/t31-,32-,39-,40-/m0/s1. The number of hydrogen-bond donors (Lipinski definition) is 4. The minimum absolute atomic E-state index is 0.206. The summed E-state index contributed by atoms with van der Waals surface area (Å²) in [7, 11) is 2.48. The number of likely N-dealkylation sites (tertiary alicyclic amines) is 2. The lowest BCUT2D eigenvalue weighted by Crippen LogP contribution is -2.59. The van der Waals surface area contributed by atoms with Crippen LogP contribution in [0.15, 0.2) is 48.5 Å². The van der Waals surface area contributed by atoms with Gasteiger partial charge in [0.1, 0.15) is 23.2 Å². The molecule has 0 aliphatic carbocycles. The molecular weight excluding hydrogens is 692 g/mol. The summed E-state index contributed by atoms with van der Waals surface area (Å²) < 4.78 is 9.40. The van der Waals surface area contributed by atoms with Crippen molar-refractivity contribution in [2.24, 2.45) is 11.8 Å². The Kier molecular flexibility index (Phi) is 13.5. The van der Waals surface area contributed by atoms with E-state index in [1.165, 1.54) is 14.2 Å². The van der Waals surface area contributed by atoms with E-state index in [4.69, 9.17) is 9.47 Å². The molecule has 2 aliphatic rings. The number of amides is 6. The van der Waals surface area contributed by atoms with E-state index in [-0.39, 0.29) is 35.5 Å². The minimum atomic E-state index is -1.09. The van der Waals surface area contributed by atoms with Crippen molar-refractivity contribution in [3.63, 3.8) is 0 Å². The summed E-state index contributed by atoms with van der Waals surface area (Å²) in [6.07, 6.45) is 4.74. The molecule has 2 heterocycles. The quantitative estimate of drug-likeness (QED) is 0.213. The lowest BCUT2D eigenvalue weighted by molar-refractivity contribution is -0.144. The van der Waals surface area contributed by atoms with Crippen LogP contribution < -0.4 is 21.3 Å². The number of carbonyl (C=O) groups excluding carboxylic acids is 6. The minimum Gasteiger partial charge on any atom is -0.453 e. The van der Waals surface area contributed by atoms with Crippen molar-refractivity contribution in [3.05, 3.63) is 59.7 Å². The molecule has 292 valence electrons. The molecule has 4 N–H and O–H groups in total. The fraction of sp³-hybridized carbons (Fsp3) is 0.500. The van der Waals surface area contributed by atoms with Crippen molar-refractivity contribution >= 4 is 59.3 Å². The van der Waals surface area contributed by atoms with Gasteiger partial charge in [0.15, 0.2) is 0 Å². The lowest BCUT2D eigenvalue weighted by atomic mass is 9.95. The summed E-state index contributed by atoms with van der Waals surface area (Å²) >= 11 is 0. The average Bonchev–Trinajstić information content (AvgIpc) is 3.75. The summed E-state index contributed by atoms with van der Waals surface area (Å²) in [6.45, 7) is 11.6. The predicted octanol–water partition coefficient (Wildman–Crippen LogP) is 5.26. The molecule has 0 unspecified atom stereocenters. The van der Waals surface area contributed by atoms with Crippen molar-refractivity contribution in [2.75, 3.05) is 37.9 Å². The van der Waals surface area contributed by atoms with E-state index in [1.54, 1.807) is 47.9 Å². The Morgan fingerprint density at radius 1 is 0.611 bits per heavy atom. The largest absolute Gasteiger partial charge is 0.453 e. The molecule has 0 radical (unpaired) electrons. The zero-order valence-electron chi connectivity index (χ0n) is 32.5. The fourth-order valence-electron chi connectivity index (χ4n) is 6.92. The third-order valence-electron chi connectivity index (χ3n) is 10.4. The van der Waals surface area contributed by atoms with E-state index in [0.717, 1.165) is 11.1 Å². The molecule has 4 atom stereocenters. The summed E-state index contributed by atoms with van der Waals surface area (Å²) in [4.78, 5) is 81.0. The fourth-order valence-corrected chi connectivity index (χ4v) is 6.92. The van der Waals surface area contributed by atoms with Gasteiger partial charge in [0, 0.05) is 24.5 Å². The molecule has 0 aromatic heterocycles. The summed E-state index contributed by atoms with van der Waals surface area (Å²) in [5.41, 5.74) is 0.782. The van der Waals surface area contributed by atoms with Crippen LogP contribution in [0.2, 0.25) is 0 Å². The van der Waals surface area contributed by atoms with E-state index in [0.29, 0.717) is 50.1 Å². The molecular formula is C40H54N6O8. The highest BCUT2D eigenvalue weighted by Crippen LogP contribution is 2.33. The molecule has 0 saturated carbocycles. The van der Waals surface area contributed by atoms with Crippen LogP contribution >= 0.6 is 0 Å². The van der Waals surface area contributed by atoms with Crippen LogP contribution in [0, 0.1) is 11.8 Å². The van der Waals surface area contributed by atoms with Gasteiger partial charge in [-0.25, -0.2) is 9.59 Å². The number of methoxy groups -OCH3 is 2. The highest BCUT2D eigenvalue weighted by Gasteiger charge is 2.49. The maximum atomic E-state index is 13.6. The Bertz CT molecular complexity index is 1600. The van der Waals surface area contributed by atoms with Gasteiger partial charge in [-0.3, -0.25) is 19.2 Å². The third kappa shape index (κ3) is 9.39. The second kappa shape index (κ2) is 17.6. The topological polar surface area (TPSA) is 175 Å². The van der Waals surface area contributed by atoms with Gasteiger partial charge >= 0.3 is 12.2 Å². The molecule has 2 aromatic rings. The van der Waals surface area contributed by atoms with Crippen LogP contribution in [0.4, 0.5) is 21.0 Å².